The first kappa shape index (κ1) is 19.1. The molecule has 0 fully saturated rings. The fraction of sp³-hybridized carbons (Fsp3) is 0.100. The van der Waals surface area contributed by atoms with Crippen molar-refractivity contribution in [2.75, 3.05) is 10.6 Å². The number of carboxylic acids is 1. The number of hydrogen-bond donors (Lipinski definition) is 3. The van der Waals surface area contributed by atoms with Gasteiger partial charge in [-0.05, 0) is 61.1 Å². The Morgan fingerprint density at radius 1 is 1.18 bits per heavy atom. The Kier molecular flexibility index (Phi) is 5.38. The van der Waals surface area contributed by atoms with Gasteiger partial charge in [0.25, 0.3) is 0 Å². The van der Waals surface area contributed by atoms with Crippen LogP contribution in [0.4, 0.5) is 11.4 Å². The molecule has 0 aliphatic carbocycles. The van der Waals surface area contributed by atoms with Crippen LogP contribution in [0.15, 0.2) is 51.7 Å². The topological polar surface area (TPSA) is 115 Å². The van der Waals surface area contributed by atoms with Crippen LogP contribution in [-0.2, 0) is 11.2 Å². The van der Waals surface area contributed by atoms with Crippen molar-refractivity contribution >= 4 is 45.6 Å². The summed E-state index contributed by atoms with van der Waals surface area (Å²) in [7, 11) is 0. The highest BCUT2D eigenvalue weighted by atomic mass is 32.1. The molecular weight excluding hydrogens is 378 g/mol. The molecule has 0 amide bonds. The number of nitriles is 1. The zero-order valence-corrected chi connectivity index (χ0v) is 15.6. The Balaban J connectivity index is 1.82. The molecule has 1 aromatic heterocycles. The molecule has 0 saturated heterocycles. The van der Waals surface area contributed by atoms with E-state index in [0.29, 0.717) is 32.9 Å². The quantitative estimate of drug-likeness (QED) is 0.456. The number of thiocarbonyl (C=S) groups is 1. The van der Waals surface area contributed by atoms with Gasteiger partial charge in [0.05, 0.1) is 23.6 Å². The third kappa shape index (κ3) is 4.16. The van der Waals surface area contributed by atoms with Crippen molar-refractivity contribution in [3.63, 3.8) is 0 Å². The lowest BCUT2D eigenvalue weighted by Gasteiger charge is -2.12. The molecule has 8 heteroatoms. The zero-order valence-electron chi connectivity index (χ0n) is 14.8. The van der Waals surface area contributed by atoms with E-state index < -0.39 is 11.6 Å². The summed E-state index contributed by atoms with van der Waals surface area (Å²) < 4.78 is 5.29. The molecule has 7 nitrogen and oxygen atoms in total. The van der Waals surface area contributed by atoms with Crippen LogP contribution < -0.4 is 16.3 Å². The molecule has 0 aliphatic heterocycles. The maximum absolute atomic E-state index is 12.1. The average molecular weight is 393 g/mol. The van der Waals surface area contributed by atoms with Crippen molar-refractivity contribution in [3.05, 3.63) is 69.6 Å². The Hall–Kier alpha value is -3.70. The molecule has 0 saturated carbocycles. The summed E-state index contributed by atoms with van der Waals surface area (Å²) in [6, 6.07) is 14.0. The van der Waals surface area contributed by atoms with E-state index in [1.54, 1.807) is 49.4 Å². The number of aliphatic carboxylic acids is 1. The summed E-state index contributed by atoms with van der Waals surface area (Å²) in [5.41, 5.74) is 2.26. The predicted molar refractivity (Wildman–Crippen MR) is 110 cm³/mol. The summed E-state index contributed by atoms with van der Waals surface area (Å²) in [5.74, 6) is -1.09. The first-order valence-electron chi connectivity index (χ1n) is 8.23. The Bertz CT molecular complexity index is 1180. The van der Waals surface area contributed by atoms with Crippen LogP contribution in [0.5, 0.6) is 0 Å². The lowest BCUT2D eigenvalue weighted by Crippen LogP contribution is -2.19. The molecule has 0 unspecified atom stereocenters. The zero-order chi connectivity index (χ0) is 20.3. The van der Waals surface area contributed by atoms with Crippen molar-refractivity contribution in [1.82, 2.24) is 0 Å². The Morgan fingerprint density at radius 2 is 1.82 bits per heavy atom. The lowest BCUT2D eigenvalue weighted by atomic mass is 10.0. The summed E-state index contributed by atoms with van der Waals surface area (Å²) in [6.07, 6.45) is -0.386. The van der Waals surface area contributed by atoms with E-state index in [1.807, 2.05) is 6.07 Å². The number of carboxylic acid groups (broad SMARTS) is 1. The maximum atomic E-state index is 12.1. The molecular formula is C20H15N3O4S. The summed E-state index contributed by atoms with van der Waals surface area (Å²) in [4.78, 5) is 23.0. The molecule has 3 rings (SSSR count). The van der Waals surface area contributed by atoms with Crippen molar-refractivity contribution in [2.45, 2.75) is 13.3 Å². The Morgan fingerprint density at radius 3 is 2.46 bits per heavy atom. The number of fused-ring (bicyclic) bond motifs is 1. The van der Waals surface area contributed by atoms with Gasteiger partial charge >= 0.3 is 11.6 Å². The monoisotopic (exact) mass is 393 g/mol. The van der Waals surface area contributed by atoms with Crippen LogP contribution in [-0.4, -0.2) is 16.2 Å². The fourth-order valence-corrected chi connectivity index (χ4v) is 2.98. The number of carbonyl (C=O) groups is 1. The van der Waals surface area contributed by atoms with Crippen LogP contribution in [0.2, 0.25) is 0 Å². The fourth-order valence-electron chi connectivity index (χ4n) is 2.75. The van der Waals surface area contributed by atoms with E-state index in [1.165, 1.54) is 0 Å². The average Bonchev–Trinajstić information content (AvgIpc) is 2.65. The molecule has 3 N–H and O–H groups in total. The molecule has 0 bridgehead atoms. The number of anilines is 2. The molecule has 0 aliphatic rings. The Labute approximate surface area is 165 Å². The van der Waals surface area contributed by atoms with E-state index >= 15 is 0 Å². The molecule has 2 aromatic carbocycles. The van der Waals surface area contributed by atoms with Crippen LogP contribution >= 0.6 is 12.2 Å². The number of rotatable bonds is 4. The summed E-state index contributed by atoms with van der Waals surface area (Å²) in [5, 5.41) is 24.8. The summed E-state index contributed by atoms with van der Waals surface area (Å²) >= 11 is 5.28. The third-order valence-corrected chi connectivity index (χ3v) is 4.35. The first-order chi connectivity index (χ1) is 13.4. The van der Waals surface area contributed by atoms with Gasteiger partial charge in [0.1, 0.15) is 5.58 Å². The van der Waals surface area contributed by atoms with E-state index in [-0.39, 0.29) is 12.0 Å². The molecule has 0 spiro atoms. The highest BCUT2D eigenvalue weighted by Crippen LogP contribution is 2.23. The van der Waals surface area contributed by atoms with Gasteiger partial charge in [-0.15, -0.1) is 0 Å². The molecule has 140 valence electrons. The number of nitrogens with one attached hydrogen (secondary N) is 2. The highest BCUT2D eigenvalue weighted by molar-refractivity contribution is 7.80. The van der Waals surface area contributed by atoms with Crippen molar-refractivity contribution in [1.29, 1.82) is 5.26 Å². The van der Waals surface area contributed by atoms with E-state index in [4.69, 9.17) is 27.0 Å². The second-order valence-corrected chi connectivity index (χ2v) is 6.45. The highest BCUT2D eigenvalue weighted by Gasteiger charge is 2.14. The second-order valence-electron chi connectivity index (χ2n) is 6.04. The van der Waals surface area contributed by atoms with Crippen molar-refractivity contribution < 1.29 is 14.3 Å². The first-order valence-corrected chi connectivity index (χ1v) is 8.64. The standard InChI is InChI=1S/C20H15N3O4S/c1-11-15-7-6-14(8-17(15)27-19(26)16(11)9-18(24)25)23-20(28)22-13-4-2-12(10-21)3-5-13/h2-8H,9H2,1H3,(H,24,25)(H2,22,23,28). The number of benzene rings is 2. The molecule has 0 atom stereocenters. The summed E-state index contributed by atoms with van der Waals surface area (Å²) in [6.45, 7) is 1.70. The van der Waals surface area contributed by atoms with Crippen LogP contribution in [0.3, 0.4) is 0 Å². The number of hydrogen-bond acceptors (Lipinski definition) is 5. The van der Waals surface area contributed by atoms with Crippen molar-refractivity contribution in [2.24, 2.45) is 0 Å². The molecule has 28 heavy (non-hydrogen) atoms. The maximum Gasteiger partial charge on any atom is 0.340 e. The molecule has 1 heterocycles. The van der Waals surface area contributed by atoms with Crippen LogP contribution in [0.25, 0.3) is 11.0 Å². The smallest absolute Gasteiger partial charge is 0.340 e. The normalized spacial score (nSPS) is 10.3. The number of nitrogens with zero attached hydrogens (tertiary/aromatic N) is 1. The van der Waals surface area contributed by atoms with Gasteiger partial charge in [0, 0.05) is 22.8 Å². The van der Waals surface area contributed by atoms with E-state index in [9.17, 15) is 9.59 Å². The molecule has 3 aromatic rings. The number of aryl methyl sites for hydroxylation is 1. The molecule has 0 radical (unpaired) electrons. The van der Waals surface area contributed by atoms with Gasteiger partial charge in [-0.2, -0.15) is 5.26 Å². The third-order valence-electron chi connectivity index (χ3n) is 4.15. The largest absolute Gasteiger partial charge is 0.481 e. The SMILES string of the molecule is Cc1c(CC(=O)O)c(=O)oc2cc(NC(=S)Nc3ccc(C#N)cc3)ccc12. The van der Waals surface area contributed by atoms with Crippen LogP contribution in [0, 0.1) is 18.3 Å². The van der Waals surface area contributed by atoms with Crippen molar-refractivity contribution in [3.8, 4) is 6.07 Å². The minimum Gasteiger partial charge on any atom is -0.481 e. The second kappa shape index (κ2) is 7.90. The van der Waals surface area contributed by atoms with Gasteiger partial charge in [-0.3, -0.25) is 4.79 Å². The van der Waals surface area contributed by atoms with Gasteiger partial charge in [-0.25, -0.2) is 4.79 Å². The van der Waals surface area contributed by atoms with E-state index in [0.717, 1.165) is 5.69 Å². The minimum atomic E-state index is -1.09. The minimum absolute atomic E-state index is 0.138. The van der Waals surface area contributed by atoms with Gasteiger partial charge in [-0.1, -0.05) is 0 Å². The van der Waals surface area contributed by atoms with Gasteiger partial charge in [0.2, 0.25) is 0 Å². The van der Waals surface area contributed by atoms with Crippen LogP contribution in [0.1, 0.15) is 16.7 Å². The lowest BCUT2D eigenvalue weighted by molar-refractivity contribution is -0.136. The van der Waals surface area contributed by atoms with Gasteiger partial charge < -0.3 is 20.2 Å². The predicted octanol–water partition coefficient (Wildman–Crippen LogP) is 3.41. The van der Waals surface area contributed by atoms with E-state index in [2.05, 4.69) is 10.6 Å². The van der Waals surface area contributed by atoms with Gasteiger partial charge in [0.15, 0.2) is 5.11 Å².